The van der Waals surface area contributed by atoms with Gasteiger partial charge in [0.1, 0.15) is 0 Å². The number of piperidine rings is 1. The Bertz CT molecular complexity index is 156. The molecule has 1 aliphatic heterocycles. The van der Waals surface area contributed by atoms with E-state index in [2.05, 4.69) is 12.2 Å². The van der Waals surface area contributed by atoms with Crippen LogP contribution in [0.15, 0.2) is 0 Å². The van der Waals surface area contributed by atoms with Gasteiger partial charge in [0.15, 0.2) is 0 Å². The summed E-state index contributed by atoms with van der Waals surface area (Å²) in [4.78, 5) is 0. The fraction of sp³-hybridized carbons (Fsp3) is 1.00. The van der Waals surface area contributed by atoms with Gasteiger partial charge in [-0.05, 0) is 45.1 Å². The van der Waals surface area contributed by atoms with E-state index in [1.165, 1.54) is 12.8 Å². The van der Waals surface area contributed by atoms with Crippen molar-refractivity contribution in [3.8, 4) is 0 Å². The first-order valence-electron chi connectivity index (χ1n) is 4.64. The lowest BCUT2D eigenvalue weighted by Gasteiger charge is -2.37. The number of aliphatic hydroxyl groups excluding tert-OH is 1. The van der Waals surface area contributed by atoms with Crippen molar-refractivity contribution in [1.29, 1.82) is 0 Å². The first-order valence-corrected chi connectivity index (χ1v) is 4.64. The quantitative estimate of drug-likeness (QED) is 0.589. The lowest BCUT2D eigenvalue weighted by molar-refractivity contribution is 0.0750. The summed E-state index contributed by atoms with van der Waals surface area (Å²) in [5, 5.41) is 13.0. The number of hydrogen-bond donors (Lipinski definition) is 2. The van der Waals surface area contributed by atoms with Gasteiger partial charge in [0.2, 0.25) is 0 Å². The Kier molecular flexibility index (Phi) is 1.69. The number of nitrogens with one attached hydrogen (secondary N) is 1. The summed E-state index contributed by atoms with van der Waals surface area (Å²) in [6.07, 6.45) is 4.55. The van der Waals surface area contributed by atoms with Crippen molar-refractivity contribution in [1.82, 2.24) is 5.32 Å². The van der Waals surface area contributed by atoms with Crippen LogP contribution in [0.4, 0.5) is 0 Å². The summed E-state index contributed by atoms with van der Waals surface area (Å²) in [5.41, 5.74) is 0.262. The van der Waals surface area contributed by atoms with E-state index in [1.54, 1.807) is 0 Å². The van der Waals surface area contributed by atoms with E-state index in [-0.39, 0.29) is 11.6 Å². The standard InChI is InChI=1S/C9H17NO/c1-9(7-2-3-7)6-8(11)4-5-10-9/h7-8,10-11H,2-6H2,1H3. The fourth-order valence-corrected chi connectivity index (χ4v) is 2.22. The molecule has 0 bridgehead atoms. The van der Waals surface area contributed by atoms with Crippen LogP contribution in [-0.2, 0) is 0 Å². The molecule has 1 saturated heterocycles. The summed E-state index contributed by atoms with van der Waals surface area (Å²) in [6, 6.07) is 0. The predicted molar refractivity (Wildman–Crippen MR) is 44.4 cm³/mol. The van der Waals surface area contributed by atoms with Crippen molar-refractivity contribution in [2.45, 2.75) is 44.2 Å². The second-order valence-electron chi connectivity index (χ2n) is 4.27. The van der Waals surface area contributed by atoms with Crippen molar-refractivity contribution in [3.05, 3.63) is 0 Å². The molecule has 0 aromatic heterocycles. The molecule has 2 nitrogen and oxygen atoms in total. The largest absolute Gasteiger partial charge is 0.393 e. The Morgan fingerprint density at radius 2 is 2.09 bits per heavy atom. The average Bonchev–Trinajstić information content (AvgIpc) is 2.66. The van der Waals surface area contributed by atoms with Gasteiger partial charge in [-0.1, -0.05) is 0 Å². The highest BCUT2D eigenvalue weighted by atomic mass is 16.3. The Balaban J connectivity index is 1.99. The van der Waals surface area contributed by atoms with Crippen molar-refractivity contribution in [2.24, 2.45) is 5.92 Å². The predicted octanol–water partition coefficient (Wildman–Crippen LogP) is 0.899. The molecule has 0 aromatic rings. The molecule has 2 atom stereocenters. The molecule has 11 heavy (non-hydrogen) atoms. The molecule has 0 amide bonds. The van der Waals surface area contributed by atoms with Crippen LogP contribution in [0.2, 0.25) is 0 Å². The topological polar surface area (TPSA) is 32.3 Å². The lowest BCUT2D eigenvalue weighted by atomic mass is 9.85. The van der Waals surface area contributed by atoms with Crippen molar-refractivity contribution < 1.29 is 5.11 Å². The number of rotatable bonds is 1. The Hall–Kier alpha value is -0.0800. The van der Waals surface area contributed by atoms with Crippen LogP contribution in [0.25, 0.3) is 0 Å². The van der Waals surface area contributed by atoms with Crippen molar-refractivity contribution in [3.63, 3.8) is 0 Å². The summed E-state index contributed by atoms with van der Waals surface area (Å²) in [6.45, 7) is 3.25. The Labute approximate surface area is 68.0 Å². The van der Waals surface area contributed by atoms with Crippen LogP contribution in [0.5, 0.6) is 0 Å². The molecule has 1 heterocycles. The molecular formula is C9H17NO. The maximum absolute atomic E-state index is 9.48. The van der Waals surface area contributed by atoms with Crippen LogP contribution in [-0.4, -0.2) is 23.3 Å². The molecule has 2 aliphatic rings. The van der Waals surface area contributed by atoms with Gasteiger partial charge in [-0.15, -0.1) is 0 Å². The zero-order valence-corrected chi connectivity index (χ0v) is 7.14. The Morgan fingerprint density at radius 1 is 1.36 bits per heavy atom. The lowest BCUT2D eigenvalue weighted by Crippen LogP contribution is -2.51. The maximum Gasteiger partial charge on any atom is 0.0569 e. The minimum atomic E-state index is -0.0538. The third kappa shape index (κ3) is 1.42. The zero-order valence-electron chi connectivity index (χ0n) is 7.14. The van der Waals surface area contributed by atoms with Crippen LogP contribution < -0.4 is 5.32 Å². The van der Waals surface area contributed by atoms with Gasteiger partial charge in [-0.25, -0.2) is 0 Å². The summed E-state index contributed by atoms with van der Waals surface area (Å²) in [7, 11) is 0. The van der Waals surface area contributed by atoms with Gasteiger partial charge in [-0.2, -0.15) is 0 Å². The van der Waals surface area contributed by atoms with Gasteiger partial charge in [-0.3, -0.25) is 0 Å². The monoisotopic (exact) mass is 155 g/mol. The summed E-state index contributed by atoms with van der Waals surface area (Å²) in [5.74, 6) is 0.845. The first-order chi connectivity index (χ1) is 5.21. The minimum absolute atomic E-state index is 0.0538. The third-order valence-corrected chi connectivity index (χ3v) is 3.14. The average molecular weight is 155 g/mol. The van der Waals surface area contributed by atoms with E-state index < -0.39 is 0 Å². The van der Waals surface area contributed by atoms with Gasteiger partial charge in [0.05, 0.1) is 6.10 Å². The fourth-order valence-electron chi connectivity index (χ4n) is 2.22. The highest BCUT2D eigenvalue weighted by Crippen LogP contribution is 2.43. The molecular weight excluding hydrogens is 138 g/mol. The molecule has 0 aromatic carbocycles. The van der Waals surface area contributed by atoms with Crippen LogP contribution in [0.3, 0.4) is 0 Å². The Morgan fingerprint density at radius 3 is 2.64 bits per heavy atom. The molecule has 64 valence electrons. The van der Waals surface area contributed by atoms with Gasteiger partial charge < -0.3 is 10.4 Å². The highest BCUT2D eigenvalue weighted by Gasteiger charge is 2.43. The van der Waals surface area contributed by atoms with E-state index in [9.17, 15) is 5.11 Å². The van der Waals surface area contributed by atoms with Crippen molar-refractivity contribution in [2.75, 3.05) is 6.54 Å². The van der Waals surface area contributed by atoms with Crippen LogP contribution >= 0.6 is 0 Å². The van der Waals surface area contributed by atoms with Crippen LogP contribution in [0.1, 0.15) is 32.6 Å². The van der Waals surface area contributed by atoms with E-state index in [1.807, 2.05) is 0 Å². The van der Waals surface area contributed by atoms with E-state index in [0.717, 1.165) is 25.3 Å². The summed E-state index contributed by atoms with van der Waals surface area (Å²) < 4.78 is 0. The third-order valence-electron chi connectivity index (χ3n) is 3.14. The van der Waals surface area contributed by atoms with Gasteiger partial charge in [0.25, 0.3) is 0 Å². The minimum Gasteiger partial charge on any atom is -0.393 e. The SMILES string of the molecule is CC1(C2CC2)CC(O)CCN1. The van der Waals surface area contributed by atoms with E-state index in [0.29, 0.717) is 0 Å². The van der Waals surface area contributed by atoms with E-state index >= 15 is 0 Å². The molecule has 0 spiro atoms. The maximum atomic E-state index is 9.48. The molecule has 1 saturated carbocycles. The first kappa shape index (κ1) is 7.56. The molecule has 2 fully saturated rings. The van der Waals surface area contributed by atoms with Crippen LogP contribution in [0, 0.1) is 5.92 Å². The van der Waals surface area contributed by atoms with Crippen molar-refractivity contribution >= 4 is 0 Å². The normalized spacial score (nSPS) is 45.8. The van der Waals surface area contributed by atoms with Gasteiger partial charge in [0, 0.05) is 5.54 Å². The molecule has 2 heteroatoms. The number of hydrogen-bond acceptors (Lipinski definition) is 2. The number of aliphatic hydroxyl groups is 1. The van der Waals surface area contributed by atoms with Gasteiger partial charge >= 0.3 is 0 Å². The smallest absolute Gasteiger partial charge is 0.0569 e. The molecule has 2 rings (SSSR count). The molecule has 1 aliphatic carbocycles. The second-order valence-corrected chi connectivity index (χ2v) is 4.27. The molecule has 2 N–H and O–H groups in total. The molecule has 2 unspecified atom stereocenters. The zero-order chi connectivity index (χ0) is 7.90. The second kappa shape index (κ2) is 2.46. The van der Waals surface area contributed by atoms with E-state index in [4.69, 9.17) is 0 Å². The summed E-state index contributed by atoms with van der Waals surface area (Å²) >= 11 is 0. The highest BCUT2D eigenvalue weighted by molar-refractivity contribution is 5.01. The molecule has 0 radical (unpaired) electrons.